The summed E-state index contributed by atoms with van der Waals surface area (Å²) < 4.78 is 10.4. The lowest BCUT2D eigenvalue weighted by molar-refractivity contribution is 0.102. The van der Waals surface area contributed by atoms with Gasteiger partial charge < -0.3 is 14.8 Å². The minimum absolute atomic E-state index is 0.237. The number of hydrogen-bond donors (Lipinski definition) is 2. The number of amides is 1. The first-order valence-electron chi connectivity index (χ1n) is 6.80. The maximum Gasteiger partial charge on any atom is 0.276 e. The SMILES string of the molecule is CCc1cc(C(=O)Nc2ccc(OCCOC)cc2)n[nH]1. The van der Waals surface area contributed by atoms with Gasteiger partial charge in [-0.3, -0.25) is 9.89 Å². The second-order valence-corrected chi connectivity index (χ2v) is 4.45. The average Bonchev–Trinajstić information content (AvgIpc) is 2.98. The van der Waals surface area contributed by atoms with Crippen molar-refractivity contribution in [3.63, 3.8) is 0 Å². The highest BCUT2D eigenvalue weighted by Crippen LogP contribution is 2.16. The number of rotatable bonds is 7. The summed E-state index contributed by atoms with van der Waals surface area (Å²) in [6, 6.07) is 8.92. The lowest BCUT2D eigenvalue weighted by Gasteiger charge is -2.07. The minimum Gasteiger partial charge on any atom is -0.491 e. The van der Waals surface area contributed by atoms with E-state index in [4.69, 9.17) is 9.47 Å². The van der Waals surface area contributed by atoms with Crippen molar-refractivity contribution in [2.75, 3.05) is 25.6 Å². The van der Waals surface area contributed by atoms with Gasteiger partial charge in [0, 0.05) is 18.5 Å². The molecule has 1 aromatic carbocycles. The van der Waals surface area contributed by atoms with Gasteiger partial charge in [-0.05, 0) is 36.8 Å². The number of aromatic nitrogens is 2. The Morgan fingerprint density at radius 3 is 2.67 bits per heavy atom. The molecular formula is C15H19N3O3. The molecule has 0 atom stereocenters. The van der Waals surface area contributed by atoms with Crippen molar-refractivity contribution in [2.24, 2.45) is 0 Å². The van der Waals surface area contributed by atoms with Gasteiger partial charge in [0.2, 0.25) is 0 Å². The number of benzene rings is 1. The Kier molecular flexibility index (Phi) is 5.34. The zero-order chi connectivity index (χ0) is 15.1. The number of nitrogens with one attached hydrogen (secondary N) is 2. The van der Waals surface area contributed by atoms with Gasteiger partial charge in [0.05, 0.1) is 6.61 Å². The fourth-order valence-corrected chi connectivity index (χ4v) is 1.73. The molecule has 1 amide bonds. The molecule has 0 saturated carbocycles. The largest absolute Gasteiger partial charge is 0.491 e. The van der Waals surface area contributed by atoms with E-state index in [1.165, 1.54) is 0 Å². The molecule has 21 heavy (non-hydrogen) atoms. The van der Waals surface area contributed by atoms with Crippen LogP contribution in [0.2, 0.25) is 0 Å². The van der Waals surface area contributed by atoms with E-state index in [0.29, 0.717) is 24.6 Å². The number of ether oxygens (including phenoxy) is 2. The van der Waals surface area contributed by atoms with Crippen molar-refractivity contribution in [3.8, 4) is 5.75 Å². The molecular weight excluding hydrogens is 270 g/mol. The predicted molar refractivity (Wildman–Crippen MR) is 79.7 cm³/mol. The molecule has 0 fully saturated rings. The molecule has 1 aromatic heterocycles. The second kappa shape index (κ2) is 7.44. The van der Waals surface area contributed by atoms with Crippen molar-refractivity contribution < 1.29 is 14.3 Å². The Bertz CT molecular complexity index is 578. The topological polar surface area (TPSA) is 76.2 Å². The molecule has 2 aromatic rings. The number of methoxy groups -OCH3 is 1. The summed E-state index contributed by atoms with van der Waals surface area (Å²) in [7, 11) is 1.63. The van der Waals surface area contributed by atoms with Crippen molar-refractivity contribution >= 4 is 11.6 Å². The third-order valence-electron chi connectivity index (χ3n) is 2.91. The zero-order valence-electron chi connectivity index (χ0n) is 12.2. The molecule has 0 aliphatic rings. The number of aromatic amines is 1. The van der Waals surface area contributed by atoms with E-state index in [0.717, 1.165) is 17.9 Å². The van der Waals surface area contributed by atoms with Gasteiger partial charge >= 0.3 is 0 Å². The van der Waals surface area contributed by atoms with E-state index in [2.05, 4.69) is 15.5 Å². The van der Waals surface area contributed by atoms with Crippen LogP contribution in [0.4, 0.5) is 5.69 Å². The summed E-state index contributed by atoms with van der Waals surface area (Å²) in [4.78, 5) is 12.0. The molecule has 6 nitrogen and oxygen atoms in total. The molecule has 0 aliphatic heterocycles. The molecule has 0 spiro atoms. The van der Waals surface area contributed by atoms with E-state index >= 15 is 0 Å². The minimum atomic E-state index is -0.237. The summed E-state index contributed by atoms with van der Waals surface area (Å²) in [5.41, 5.74) is 2.01. The summed E-state index contributed by atoms with van der Waals surface area (Å²) in [5.74, 6) is 0.497. The van der Waals surface area contributed by atoms with Gasteiger partial charge in [0.25, 0.3) is 5.91 Å². The summed E-state index contributed by atoms with van der Waals surface area (Å²) in [5, 5.41) is 9.58. The van der Waals surface area contributed by atoms with Crippen LogP contribution in [0, 0.1) is 0 Å². The third kappa shape index (κ3) is 4.32. The number of anilines is 1. The molecule has 6 heteroatoms. The number of hydrogen-bond acceptors (Lipinski definition) is 4. The number of aryl methyl sites for hydroxylation is 1. The van der Waals surface area contributed by atoms with Crippen LogP contribution in [-0.2, 0) is 11.2 Å². The monoisotopic (exact) mass is 289 g/mol. The highest BCUT2D eigenvalue weighted by Gasteiger charge is 2.10. The molecule has 0 unspecified atom stereocenters. The van der Waals surface area contributed by atoms with Crippen LogP contribution in [-0.4, -0.2) is 36.4 Å². The fraction of sp³-hybridized carbons (Fsp3) is 0.333. The standard InChI is InChI=1S/C15H19N3O3/c1-3-11-10-14(18-17-11)15(19)16-12-4-6-13(7-5-12)21-9-8-20-2/h4-7,10H,3,8-9H2,1-2H3,(H,16,19)(H,17,18). The quantitative estimate of drug-likeness (QED) is 0.766. The molecule has 0 aliphatic carbocycles. The van der Waals surface area contributed by atoms with Crippen LogP contribution in [0.15, 0.2) is 30.3 Å². The molecule has 112 valence electrons. The van der Waals surface area contributed by atoms with E-state index < -0.39 is 0 Å². The van der Waals surface area contributed by atoms with E-state index in [-0.39, 0.29) is 5.91 Å². The molecule has 1 heterocycles. The Hall–Kier alpha value is -2.34. The summed E-state index contributed by atoms with van der Waals surface area (Å²) in [6.07, 6.45) is 0.813. The second-order valence-electron chi connectivity index (χ2n) is 4.45. The smallest absolute Gasteiger partial charge is 0.276 e. The van der Waals surface area contributed by atoms with Crippen LogP contribution < -0.4 is 10.1 Å². The molecule has 0 bridgehead atoms. The lowest BCUT2D eigenvalue weighted by atomic mass is 10.2. The number of carbonyl (C=O) groups excluding carboxylic acids is 1. The zero-order valence-corrected chi connectivity index (χ0v) is 12.2. The molecule has 0 saturated heterocycles. The van der Waals surface area contributed by atoms with Gasteiger partial charge in [0.1, 0.15) is 12.4 Å². The van der Waals surface area contributed by atoms with Crippen molar-refractivity contribution in [3.05, 3.63) is 41.7 Å². The van der Waals surface area contributed by atoms with Gasteiger partial charge in [-0.25, -0.2) is 0 Å². The number of carbonyl (C=O) groups is 1. The normalized spacial score (nSPS) is 10.4. The summed E-state index contributed by atoms with van der Waals surface area (Å²) in [6.45, 7) is 3.03. The number of H-pyrrole nitrogens is 1. The molecule has 0 radical (unpaired) electrons. The Morgan fingerprint density at radius 2 is 2.05 bits per heavy atom. The highest BCUT2D eigenvalue weighted by atomic mass is 16.5. The first kappa shape index (κ1) is 15.1. The maximum absolute atomic E-state index is 12.0. The first-order valence-corrected chi connectivity index (χ1v) is 6.80. The predicted octanol–water partition coefficient (Wildman–Crippen LogP) is 2.25. The maximum atomic E-state index is 12.0. The van der Waals surface area contributed by atoms with Crippen LogP contribution in [0.1, 0.15) is 23.1 Å². The van der Waals surface area contributed by atoms with Gasteiger partial charge in [-0.2, -0.15) is 5.10 Å². The Labute approximate surface area is 123 Å². The van der Waals surface area contributed by atoms with Crippen molar-refractivity contribution in [1.82, 2.24) is 10.2 Å². The average molecular weight is 289 g/mol. The first-order chi connectivity index (χ1) is 10.2. The van der Waals surface area contributed by atoms with Crippen molar-refractivity contribution in [2.45, 2.75) is 13.3 Å². The highest BCUT2D eigenvalue weighted by molar-refractivity contribution is 6.02. The Morgan fingerprint density at radius 1 is 1.29 bits per heavy atom. The third-order valence-corrected chi connectivity index (χ3v) is 2.91. The van der Waals surface area contributed by atoms with E-state index in [1.54, 1.807) is 37.4 Å². The number of nitrogens with zero attached hydrogens (tertiary/aromatic N) is 1. The van der Waals surface area contributed by atoms with Crippen LogP contribution in [0.3, 0.4) is 0 Å². The van der Waals surface area contributed by atoms with Gasteiger partial charge in [-0.1, -0.05) is 6.92 Å². The summed E-state index contributed by atoms with van der Waals surface area (Å²) >= 11 is 0. The van der Waals surface area contributed by atoms with Gasteiger partial charge in [0.15, 0.2) is 5.69 Å². The fourth-order valence-electron chi connectivity index (χ4n) is 1.73. The van der Waals surface area contributed by atoms with Crippen LogP contribution in [0.25, 0.3) is 0 Å². The Balaban J connectivity index is 1.91. The lowest BCUT2D eigenvalue weighted by Crippen LogP contribution is -2.12. The van der Waals surface area contributed by atoms with Gasteiger partial charge in [-0.15, -0.1) is 0 Å². The molecule has 2 rings (SSSR count). The van der Waals surface area contributed by atoms with Crippen LogP contribution in [0.5, 0.6) is 5.75 Å². The van der Waals surface area contributed by atoms with E-state index in [1.807, 2.05) is 6.92 Å². The molecule has 2 N–H and O–H groups in total. The van der Waals surface area contributed by atoms with Crippen molar-refractivity contribution in [1.29, 1.82) is 0 Å². The van der Waals surface area contributed by atoms with Crippen LogP contribution >= 0.6 is 0 Å². The van der Waals surface area contributed by atoms with E-state index in [9.17, 15) is 4.79 Å².